The summed E-state index contributed by atoms with van der Waals surface area (Å²) in [6, 6.07) is -0.678. The average Bonchev–Trinajstić information content (AvgIpc) is 3.88. The molecule has 1 amide bonds. The van der Waals surface area contributed by atoms with Crippen LogP contribution in [-0.2, 0) is 33.8 Å². The molecule has 5 rings (SSSR count). The summed E-state index contributed by atoms with van der Waals surface area (Å²) in [4.78, 5) is 70.8. The number of fused-ring (bicyclic) bond motifs is 1. The third-order valence-electron chi connectivity index (χ3n) is 13.2. The molecule has 2 aliphatic heterocycles. The zero-order valence-corrected chi connectivity index (χ0v) is 31.6. The van der Waals surface area contributed by atoms with Crippen LogP contribution in [-0.4, -0.2) is 65.9 Å². The predicted molar refractivity (Wildman–Crippen MR) is 190 cm³/mol. The van der Waals surface area contributed by atoms with Gasteiger partial charge in [-0.05, 0) is 72.5 Å². The van der Waals surface area contributed by atoms with Gasteiger partial charge in [0, 0.05) is 44.1 Å². The highest BCUT2D eigenvalue weighted by Gasteiger charge is 2.69. The highest BCUT2D eigenvalue weighted by Crippen LogP contribution is 2.65. The fourth-order valence-electron chi connectivity index (χ4n) is 10.0. The van der Waals surface area contributed by atoms with Crippen LogP contribution in [0.3, 0.4) is 0 Å². The first-order valence-corrected chi connectivity index (χ1v) is 20.9. The summed E-state index contributed by atoms with van der Waals surface area (Å²) in [7, 11) is -3.29. The molecule has 0 radical (unpaired) electrons. The van der Waals surface area contributed by atoms with Crippen molar-refractivity contribution in [3.8, 4) is 0 Å². The molecule has 0 aromatic rings. The lowest BCUT2D eigenvalue weighted by atomic mass is 9.66. The van der Waals surface area contributed by atoms with Gasteiger partial charge in [-0.1, -0.05) is 79.2 Å². The van der Waals surface area contributed by atoms with Crippen molar-refractivity contribution in [2.75, 3.05) is 12.3 Å². The lowest BCUT2D eigenvalue weighted by Crippen LogP contribution is -2.51. The number of piperidine rings is 1. The van der Waals surface area contributed by atoms with Crippen LogP contribution < -0.4 is 0 Å². The highest BCUT2D eigenvalue weighted by molar-refractivity contribution is 7.92. The maximum absolute atomic E-state index is 14.6. The van der Waals surface area contributed by atoms with Crippen molar-refractivity contribution in [2.24, 2.45) is 45.8 Å². The molecular formula is C40H61NO7S. The number of ketones is 4. The Morgan fingerprint density at radius 3 is 2.20 bits per heavy atom. The summed E-state index contributed by atoms with van der Waals surface area (Å²) >= 11 is 0. The second kappa shape index (κ2) is 14.5. The fourth-order valence-corrected chi connectivity index (χ4v) is 12.5. The molecule has 274 valence electrons. The number of amides is 1. The molecule has 2 heterocycles. The van der Waals surface area contributed by atoms with Gasteiger partial charge in [0.25, 0.3) is 0 Å². The SMILES string of the molecule is C=CCCC(=O)C(=O)[C@@H](CC(=O)[C@@H]1[C@@H]2C(CN1C(=O)[C@@H](CC(=O)CC1([C@H]3CCCCS3(=O)=O)CCCCC1)C(C)(C)C)C2(C)C)CC1CC1. The summed E-state index contributed by atoms with van der Waals surface area (Å²) in [5.74, 6) is -1.97. The topological polar surface area (TPSA) is 123 Å². The minimum Gasteiger partial charge on any atom is -0.332 e. The molecule has 3 aliphatic carbocycles. The first-order chi connectivity index (χ1) is 22.9. The number of carbonyl (C=O) groups excluding carboxylic acids is 5. The van der Waals surface area contributed by atoms with Crippen molar-refractivity contribution in [1.82, 2.24) is 4.90 Å². The molecule has 2 saturated heterocycles. The van der Waals surface area contributed by atoms with E-state index in [4.69, 9.17) is 0 Å². The standard InChI is InChI=1S/C40H61NO7S/c1-7-8-14-31(43)36(45)27(21-26-16-17-26)22-32(44)35-34-30(39(34,5)6)25-41(35)37(46)29(38(2,3)4)23-28(42)24-40(18-11-9-12-19-40)33-15-10-13-20-49(33,47)48/h7,26-27,29-30,33-35H,1,8-25H2,2-6H3/t27-,29-,30?,33-,34+,35-/m1/s1. The molecule has 5 aliphatic rings. The summed E-state index contributed by atoms with van der Waals surface area (Å²) in [6.45, 7) is 14.2. The molecule has 1 unspecified atom stereocenters. The molecular weight excluding hydrogens is 639 g/mol. The summed E-state index contributed by atoms with van der Waals surface area (Å²) < 4.78 is 26.7. The van der Waals surface area contributed by atoms with Crippen molar-refractivity contribution in [3.05, 3.63) is 12.7 Å². The largest absolute Gasteiger partial charge is 0.332 e. The van der Waals surface area contributed by atoms with Crippen LogP contribution >= 0.6 is 0 Å². The van der Waals surface area contributed by atoms with Crippen molar-refractivity contribution >= 4 is 38.9 Å². The predicted octanol–water partition coefficient (Wildman–Crippen LogP) is 6.88. The molecule has 6 atom stereocenters. The van der Waals surface area contributed by atoms with Crippen LogP contribution in [0.2, 0.25) is 0 Å². The second-order valence-electron chi connectivity index (χ2n) is 18.2. The van der Waals surface area contributed by atoms with Gasteiger partial charge in [0.05, 0.1) is 17.0 Å². The Morgan fingerprint density at radius 1 is 0.939 bits per heavy atom. The van der Waals surface area contributed by atoms with Gasteiger partial charge >= 0.3 is 0 Å². The number of carbonyl (C=O) groups is 5. The van der Waals surface area contributed by atoms with Gasteiger partial charge in [0.2, 0.25) is 11.7 Å². The summed E-state index contributed by atoms with van der Waals surface area (Å²) in [5.41, 5.74) is -1.25. The average molecular weight is 700 g/mol. The van der Waals surface area contributed by atoms with E-state index >= 15 is 0 Å². The van der Waals surface area contributed by atoms with Gasteiger partial charge in [-0.15, -0.1) is 6.58 Å². The Labute approximate surface area is 294 Å². The van der Waals surface area contributed by atoms with E-state index in [1.165, 1.54) is 0 Å². The van der Waals surface area contributed by atoms with E-state index in [9.17, 15) is 32.4 Å². The van der Waals surface area contributed by atoms with Crippen LogP contribution in [0.5, 0.6) is 0 Å². The van der Waals surface area contributed by atoms with Gasteiger partial charge in [-0.25, -0.2) is 8.42 Å². The van der Waals surface area contributed by atoms with Crippen molar-refractivity contribution in [1.29, 1.82) is 0 Å². The number of hydrogen-bond donors (Lipinski definition) is 0. The minimum absolute atomic E-state index is 0.0181. The van der Waals surface area contributed by atoms with E-state index in [-0.39, 0.29) is 66.2 Å². The van der Waals surface area contributed by atoms with Crippen LogP contribution in [0.4, 0.5) is 0 Å². The highest BCUT2D eigenvalue weighted by atomic mass is 32.2. The molecule has 0 bridgehead atoms. The maximum Gasteiger partial charge on any atom is 0.227 e. The van der Waals surface area contributed by atoms with Gasteiger partial charge in [0.1, 0.15) is 5.78 Å². The molecule has 3 saturated carbocycles. The first kappa shape index (κ1) is 38.1. The number of hydrogen-bond acceptors (Lipinski definition) is 7. The van der Waals surface area contributed by atoms with Gasteiger partial charge < -0.3 is 4.90 Å². The van der Waals surface area contributed by atoms with E-state index < -0.39 is 55.4 Å². The lowest BCUT2D eigenvalue weighted by Gasteiger charge is -2.45. The third kappa shape index (κ3) is 8.17. The number of nitrogens with zero attached hydrogens (tertiary/aromatic N) is 1. The van der Waals surface area contributed by atoms with Crippen LogP contribution in [0.1, 0.15) is 137 Å². The summed E-state index contributed by atoms with van der Waals surface area (Å²) in [5, 5.41) is -0.494. The van der Waals surface area contributed by atoms with Crippen LogP contribution in [0, 0.1) is 45.8 Å². The van der Waals surface area contributed by atoms with E-state index in [1.54, 1.807) is 11.0 Å². The van der Waals surface area contributed by atoms with E-state index in [1.807, 2.05) is 20.8 Å². The van der Waals surface area contributed by atoms with E-state index in [2.05, 4.69) is 20.4 Å². The molecule has 5 fully saturated rings. The van der Waals surface area contributed by atoms with Crippen molar-refractivity contribution in [2.45, 2.75) is 149 Å². The molecule has 0 spiro atoms. The zero-order valence-electron chi connectivity index (χ0n) is 30.8. The normalized spacial score (nSPS) is 29.7. The van der Waals surface area contributed by atoms with Crippen LogP contribution in [0.25, 0.3) is 0 Å². The number of sulfone groups is 1. The molecule has 0 N–H and O–H groups in total. The molecule has 9 heteroatoms. The fraction of sp³-hybridized carbons (Fsp3) is 0.825. The van der Waals surface area contributed by atoms with Crippen LogP contribution in [0.15, 0.2) is 12.7 Å². The number of likely N-dealkylation sites (tertiary alicyclic amines) is 1. The quantitative estimate of drug-likeness (QED) is 0.127. The van der Waals surface area contributed by atoms with Gasteiger partial charge in [-0.2, -0.15) is 0 Å². The monoisotopic (exact) mass is 699 g/mol. The van der Waals surface area contributed by atoms with E-state index in [0.717, 1.165) is 51.4 Å². The van der Waals surface area contributed by atoms with Crippen molar-refractivity contribution < 1.29 is 32.4 Å². The Bertz CT molecular complexity index is 1430. The first-order valence-electron chi connectivity index (χ1n) is 19.2. The molecule has 0 aromatic carbocycles. The maximum atomic E-state index is 14.6. The van der Waals surface area contributed by atoms with E-state index in [0.29, 0.717) is 38.1 Å². The smallest absolute Gasteiger partial charge is 0.227 e. The second-order valence-corrected chi connectivity index (χ2v) is 20.5. The molecule has 8 nitrogen and oxygen atoms in total. The van der Waals surface area contributed by atoms with Crippen molar-refractivity contribution in [3.63, 3.8) is 0 Å². The molecule has 49 heavy (non-hydrogen) atoms. The summed E-state index contributed by atoms with van der Waals surface area (Å²) in [6.07, 6.45) is 11.3. The lowest BCUT2D eigenvalue weighted by molar-refractivity contribution is -0.148. The molecule has 0 aromatic heterocycles. The Kier molecular flexibility index (Phi) is 11.2. The van der Waals surface area contributed by atoms with Gasteiger partial charge in [-0.3, -0.25) is 24.0 Å². The number of rotatable bonds is 16. The third-order valence-corrected chi connectivity index (χ3v) is 15.7. The zero-order chi connectivity index (χ0) is 35.9. The van der Waals surface area contributed by atoms with Gasteiger partial charge in [0.15, 0.2) is 21.4 Å². The Morgan fingerprint density at radius 2 is 1.61 bits per heavy atom. The minimum atomic E-state index is -3.29. The Balaban J connectivity index is 1.35. The number of allylic oxidation sites excluding steroid dienone is 1. The Hall–Kier alpha value is -2.16. The number of Topliss-reactive ketones (excluding diaryl/α,β-unsaturated/α-hetero) is 4.